The van der Waals surface area contributed by atoms with Gasteiger partial charge in [-0.2, -0.15) is 5.26 Å². The first-order chi connectivity index (χ1) is 15.6. The molecule has 15 nitrogen and oxygen atoms in total. The van der Waals surface area contributed by atoms with E-state index in [4.69, 9.17) is 5.26 Å². The number of carbonyl (C=O) groups excluding carboxylic acids is 2. The number of nitrogens with one attached hydrogen (secondary N) is 1. The summed E-state index contributed by atoms with van der Waals surface area (Å²) in [6.07, 6.45) is 0.845. The van der Waals surface area contributed by atoms with Crippen molar-refractivity contribution in [2.75, 3.05) is 5.32 Å². The van der Waals surface area contributed by atoms with Crippen molar-refractivity contribution in [2.24, 2.45) is 0 Å². The number of benzene rings is 2. The fraction of sp³-hybridized carbons (Fsp3) is 0.0556. The van der Waals surface area contributed by atoms with Crippen LogP contribution in [0.4, 0.5) is 17.1 Å². The van der Waals surface area contributed by atoms with Gasteiger partial charge in [0.05, 0.1) is 38.3 Å². The zero-order valence-corrected chi connectivity index (χ0v) is 16.1. The van der Waals surface area contributed by atoms with E-state index in [0.717, 1.165) is 36.5 Å². The quantitative estimate of drug-likeness (QED) is 0.309. The van der Waals surface area contributed by atoms with Crippen LogP contribution >= 0.6 is 0 Å². The molecule has 1 heterocycles. The van der Waals surface area contributed by atoms with Crippen LogP contribution in [-0.2, 0) is 9.59 Å². The summed E-state index contributed by atoms with van der Waals surface area (Å²) >= 11 is 0. The van der Waals surface area contributed by atoms with Crippen molar-refractivity contribution >= 4 is 39.8 Å². The normalized spacial score (nSPS) is 11.2. The molecular formula is C18H9N7O8. The second-order valence-corrected chi connectivity index (χ2v) is 6.33. The standard InChI is InChI=1S/C18H9N7O8/c19-7-9-5-10(23(28)29)1-3-12(9)22-18(27)17(26)16(25(32)33)15-8-20-14-6-11(24(30)31)2-4-13(14)21-15/h1-6,8,16H,(H,22,27). The van der Waals surface area contributed by atoms with E-state index in [1.165, 1.54) is 6.07 Å². The van der Waals surface area contributed by atoms with Crippen molar-refractivity contribution in [3.63, 3.8) is 0 Å². The second-order valence-electron chi connectivity index (χ2n) is 6.33. The van der Waals surface area contributed by atoms with E-state index in [1.54, 1.807) is 6.07 Å². The second kappa shape index (κ2) is 8.77. The molecule has 3 rings (SSSR count). The molecule has 15 heteroatoms. The van der Waals surface area contributed by atoms with Crippen LogP contribution in [0, 0.1) is 41.7 Å². The van der Waals surface area contributed by atoms with Crippen molar-refractivity contribution in [1.82, 2.24) is 9.97 Å². The molecule has 1 atom stereocenters. The van der Waals surface area contributed by atoms with Crippen LogP contribution in [0.1, 0.15) is 17.3 Å². The molecule has 33 heavy (non-hydrogen) atoms. The molecule has 0 fully saturated rings. The van der Waals surface area contributed by atoms with Crippen LogP contribution in [0.15, 0.2) is 42.6 Å². The predicted molar refractivity (Wildman–Crippen MR) is 107 cm³/mol. The van der Waals surface area contributed by atoms with Gasteiger partial charge in [-0.3, -0.25) is 44.9 Å². The first-order valence-corrected chi connectivity index (χ1v) is 8.70. The third-order valence-electron chi connectivity index (χ3n) is 4.30. The third-order valence-corrected chi connectivity index (χ3v) is 4.30. The smallest absolute Gasteiger partial charge is 0.318 e. The van der Waals surface area contributed by atoms with E-state index in [9.17, 15) is 39.9 Å². The summed E-state index contributed by atoms with van der Waals surface area (Å²) in [5, 5.41) is 44.4. The molecule has 1 unspecified atom stereocenters. The van der Waals surface area contributed by atoms with Gasteiger partial charge < -0.3 is 5.32 Å². The van der Waals surface area contributed by atoms with Gasteiger partial charge in [0.25, 0.3) is 23.1 Å². The number of nitro groups is 3. The van der Waals surface area contributed by atoms with Gasteiger partial charge in [0.15, 0.2) is 0 Å². The van der Waals surface area contributed by atoms with E-state index < -0.39 is 43.9 Å². The van der Waals surface area contributed by atoms with Crippen molar-refractivity contribution in [2.45, 2.75) is 6.04 Å². The number of nitriles is 1. The monoisotopic (exact) mass is 451 g/mol. The molecule has 1 aromatic heterocycles. The maximum absolute atomic E-state index is 12.5. The van der Waals surface area contributed by atoms with Crippen LogP contribution in [0.3, 0.4) is 0 Å². The Balaban J connectivity index is 1.92. The Labute approximate surface area is 181 Å². The fourth-order valence-corrected chi connectivity index (χ4v) is 2.75. The van der Waals surface area contributed by atoms with Crippen molar-refractivity contribution in [3.05, 3.63) is 84.2 Å². The number of ketones is 1. The number of rotatable bonds is 7. The summed E-state index contributed by atoms with van der Waals surface area (Å²) in [6, 6.07) is 5.55. The molecule has 0 aliphatic rings. The van der Waals surface area contributed by atoms with Crippen LogP contribution in [-0.4, -0.2) is 36.4 Å². The summed E-state index contributed by atoms with van der Waals surface area (Å²) in [4.78, 5) is 63.4. The molecule has 0 saturated carbocycles. The molecule has 0 spiro atoms. The Morgan fingerprint density at radius 3 is 2.21 bits per heavy atom. The molecule has 2 aromatic carbocycles. The molecular weight excluding hydrogens is 442 g/mol. The van der Waals surface area contributed by atoms with Crippen molar-refractivity contribution in [3.8, 4) is 6.07 Å². The summed E-state index contributed by atoms with van der Waals surface area (Å²) < 4.78 is 0. The van der Waals surface area contributed by atoms with E-state index in [-0.39, 0.29) is 28.0 Å². The van der Waals surface area contributed by atoms with Gasteiger partial charge in [-0.05, 0) is 12.1 Å². The maximum atomic E-state index is 12.5. The van der Waals surface area contributed by atoms with Gasteiger partial charge in [-0.25, -0.2) is 4.98 Å². The Kier molecular flexibility index (Phi) is 5.93. The van der Waals surface area contributed by atoms with E-state index in [2.05, 4.69) is 9.97 Å². The number of fused-ring (bicyclic) bond motifs is 1. The summed E-state index contributed by atoms with van der Waals surface area (Å²) in [6.45, 7) is 0. The SMILES string of the molecule is N#Cc1cc([N+](=O)[O-])ccc1NC(=O)C(=O)C(c1cnc2cc([N+](=O)[O-])ccc2n1)[N+](=O)[O-]. The van der Waals surface area contributed by atoms with Gasteiger partial charge in [0, 0.05) is 29.2 Å². The van der Waals surface area contributed by atoms with Gasteiger partial charge in [-0.1, -0.05) is 0 Å². The fourth-order valence-electron chi connectivity index (χ4n) is 2.75. The van der Waals surface area contributed by atoms with E-state index in [0.29, 0.717) is 0 Å². The largest absolute Gasteiger partial charge is 0.322 e. The van der Waals surface area contributed by atoms with E-state index in [1.807, 2.05) is 5.32 Å². The van der Waals surface area contributed by atoms with Crippen LogP contribution in [0.25, 0.3) is 11.0 Å². The number of Topliss-reactive ketones (excluding diaryl/α,β-unsaturated/α-hetero) is 1. The van der Waals surface area contributed by atoms with Crippen LogP contribution in [0.2, 0.25) is 0 Å². The molecule has 0 aliphatic carbocycles. The number of anilines is 1. The first kappa shape index (κ1) is 22.3. The zero-order chi connectivity index (χ0) is 24.3. The minimum Gasteiger partial charge on any atom is -0.318 e. The van der Waals surface area contributed by atoms with Crippen molar-refractivity contribution < 1.29 is 24.4 Å². The van der Waals surface area contributed by atoms with Gasteiger partial charge in [0.2, 0.25) is 0 Å². The minimum atomic E-state index is -2.26. The number of nitro benzene ring substituents is 2. The maximum Gasteiger partial charge on any atom is 0.322 e. The van der Waals surface area contributed by atoms with Crippen molar-refractivity contribution in [1.29, 1.82) is 5.26 Å². The molecule has 3 aromatic rings. The zero-order valence-electron chi connectivity index (χ0n) is 16.1. The third kappa shape index (κ3) is 4.54. The Morgan fingerprint density at radius 1 is 0.970 bits per heavy atom. The highest BCUT2D eigenvalue weighted by atomic mass is 16.6. The number of aromatic nitrogens is 2. The summed E-state index contributed by atoms with van der Waals surface area (Å²) in [5.41, 5.74) is -1.77. The van der Waals surface area contributed by atoms with Crippen LogP contribution < -0.4 is 5.32 Å². The lowest BCUT2D eigenvalue weighted by Crippen LogP contribution is -2.33. The number of carbonyl (C=O) groups is 2. The molecule has 1 N–H and O–H groups in total. The van der Waals surface area contributed by atoms with Gasteiger partial charge in [0.1, 0.15) is 11.8 Å². The topological polar surface area (TPSA) is 225 Å². The molecule has 0 radical (unpaired) electrons. The number of nitrogens with zero attached hydrogens (tertiary/aromatic N) is 6. The Bertz CT molecular complexity index is 1400. The number of hydrogen-bond donors (Lipinski definition) is 1. The lowest BCUT2D eigenvalue weighted by molar-refractivity contribution is -0.513. The molecule has 1 amide bonds. The predicted octanol–water partition coefficient (Wildman–Crippen LogP) is 1.84. The summed E-state index contributed by atoms with van der Waals surface area (Å²) in [5.74, 6) is -3.01. The average molecular weight is 451 g/mol. The Morgan fingerprint density at radius 2 is 1.61 bits per heavy atom. The summed E-state index contributed by atoms with van der Waals surface area (Å²) in [7, 11) is 0. The van der Waals surface area contributed by atoms with Gasteiger partial charge in [-0.15, -0.1) is 0 Å². The minimum absolute atomic E-state index is 0.0142. The highest BCUT2D eigenvalue weighted by Crippen LogP contribution is 2.24. The van der Waals surface area contributed by atoms with E-state index >= 15 is 0 Å². The average Bonchev–Trinajstić information content (AvgIpc) is 2.78. The first-order valence-electron chi connectivity index (χ1n) is 8.70. The molecule has 0 aliphatic heterocycles. The lowest BCUT2D eigenvalue weighted by Gasteiger charge is -2.10. The highest BCUT2D eigenvalue weighted by molar-refractivity contribution is 6.42. The number of non-ortho nitro benzene ring substituents is 2. The number of hydrogen-bond acceptors (Lipinski definition) is 11. The van der Waals surface area contributed by atoms with Gasteiger partial charge >= 0.3 is 6.04 Å². The van der Waals surface area contributed by atoms with Crippen LogP contribution in [0.5, 0.6) is 0 Å². The highest BCUT2D eigenvalue weighted by Gasteiger charge is 2.39. The molecule has 164 valence electrons. The molecule has 0 bridgehead atoms. The Hall–Kier alpha value is -5.39. The lowest BCUT2D eigenvalue weighted by atomic mass is 10.1. The molecule has 0 saturated heterocycles. The number of amides is 1.